The fourth-order valence-electron chi connectivity index (χ4n) is 2.60. The van der Waals surface area contributed by atoms with Crippen molar-refractivity contribution in [2.75, 3.05) is 6.54 Å². The van der Waals surface area contributed by atoms with E-state index >= 15 is 0 Å². The predicted octanol–water partition coefficient (Wildman–Crippen LogP) is -0.428. The molecule has 6 N–H and O–H groups in total. The first kappa shape index (κ1) is 22.9. The van der Waals surface area contributed by atoms with E-state index in [1.165, 1.54) is 19.1 Å². The molecule has 0 saturated heterocycles. The van der Waals surface area contributed by atoms with Crippen LogP contribution in [-0.4, -0.2) is 47.4 Å². The number of phenolic OH excluding ortho intramolecular Hbond substituents is 1. The van der Waals surface area contributed by atoms with E-state index in [1.54, 1.807) is 12.1 Å². The van der Waals surface area contributed by atoms with E-state index in [4.69, 9.17) is 5.73 Å². The van der Waals surface area contributed by atoms with Crippen molar-refractivity contribution in [1.82, 2.24) is 16.0 Å². The molecule has 0 aliphatic rings. The van der Waals surface area contributed by atoms with Gasteiger partial charge in [0.1, 0.15) is 17.8 Å². The van der Waals surface area contributed by atoms with Crippen LogP contribution >= 0.6 is 0 Å². The summed E-state index contributed by atoms with van der Waals surface area (Å²) in [4.78, 5) is 47.5. The van der Waals surface area contributed by atoms with E-state index in [2.05, 4.69) is 16.0 Å². The number of aromatic hydroxyl groups is 1. The maximum absolute atomic E-state index is 12.7. The number of carbonyl (C=O) groups excluding carboxylic acids is 4. The lowest BCUT2D eigenvalue weighted by molar-refractivity contribution is -0.132. The van der Waals surface area contributed by atoms with Crippen molar-refractivity contribution in [1.29, 1.82) is 0 Å². The molecule has 28 heavy (non-hydrogen) atoms. The summed E-state index contributed by atoms with van der Waals surface area (Å²) < 4.78 is 0. The Morgan fingerprint density at radius 2 is 1.61 bits per heavy atom. The molecule has 0 spiro atoms. The predicted molar refractivity (Wildman–Crippen MR) is 103 cm³/mol. The highest BCUT2D eigenvalue weighted by Gasteiger charge is 2.27. The molecule has 0 bridgehead atoms. The number of amides is 4. The number of hydrogen-bond acceptors (Lipinski definition) is 5. The van der Waals surface area contributed by atoms with Gasteiger partial charge >= 0.3 is 0 Å². The molecule has 1 rings (SSSR count). The van der Waals surface area contributed by atoms with Crippen molar-refractivity contribution < 1.29 is 24.3 Å². The van der Waals surface area contributed by atoms with Gasteiger partial charge in [0.05, 0.1) is 6.54 Å². The first-order chi connectivity index (χ1) is 13.1. The SMILES string of the molecule is CC(=O)N[C@@H](CC(C)C)C(=O)N[C@@H](Cc1ccc(O)cc1)C(=O)NCC(N)=O. The van der Waals surface area contributed by atoms with Gasteiger partial charge in [0.15, 0.2) is 0 Å². The van der Waals surface area contributed by atoms with Crippen LogP contribution in [0.4, 0.5) is 0 Å². The van der Waals surface area contributed by atoms with E-state index in [-0.39, 0.29) is 30.5 Å². The van der Waals surface area contributed by atoms with Crippen LogP contribution in [0.1, 0.15) is 32.8 Å². The van der Waals surface area contributed by atoms with Gasteiger partial charge in [0.2, 0.25) is 23.6 Å². The number of nitrogens with one attached hydrogen (secondary N) is 3. The van der Waals surface area contributed by atoms with Crippen LogP contribution in [0.25, 0.3) is 0 Å². The van der Waals surface area contributed by atoms with Crippen molar-refractivity contribution in [3.8, 4) is 5.75 Å². The molecular weight excluding hydrogens is 364 g/mol. The third kappa shape index (κ3) is 8.52. The van der Waals surface area contributed by atoms with E-state index in [0.29, 0.717) is 12.0 Å². The van der Waals surface area contributed by atoms with Crippen LogP contribution in [0.5, 0.6) is 5.75 Å². The molecular formula is C19H28N4O5. The Morgan fingerprint density at radius 1 is 1.00 bits per heavy atom. The molecule has 9 heteroatoms. The minimum atomic E-state index is -0.986. The zero-order valence-electron chi connectivity index (χ0n) is 16.3. The first-order valence-corrected chi connectivity index (χ1v) is 8.99. The first-order valence-electron chi connectivity index (χ1n) is 8.99. The number of rotatable bonds is 10. The molecule has 154 valence electrons. The minimum absolute atomic E-state index is 0.0742. The summed E-state index contributed by atoms with van der Waals surface area (Å²) in [6.45, 7) is 4.78. The molecule has 0 saturated carbocycles. The van der Waals surface area contributed by atoms with Gasteiger partial charge in [-0.25, -0.2) is 0 Å². The molecule has 0 radical (unpaired) electrons. The van der Waals surface area contributed by atoms with Gasteiger partial charge in [-0.1, -0.05) is 26.0 Å². The smallest absolute Gasteiger partial charge is 0.243 e. The third-order valence-corrected chi connectivity index (χ3v) is 3.85. The van der Waals surface area contributed by atoms with Gasteiger partial charge in [-0.05, 0) is 30.0 Å². The van der Waals surface area contributed by atoms with Gasteiger partial charge in [-0.3, -0.25) is 19.2 Å². The quantitative estimate of drug-likeness (QED) is 0.366. The Kier molecular flexibility index (Phi) is 8.94. The molecule has 2 atom stereocenters. The summed E-state index contributed by atoms with van der Waals surface area (Å²) in [6.07, 6.45) is 0.533. The topological polar surface area (TPSA) is 151 Å². The number of primary amides is 1. The molecule has 0 aliphatic carbocycles. The highest BCUT2D eigenvalue weighted by Crippen LogP contribution is 2.12. The Morgan fingerprint density at radius 3 is 2.11 bits per heavy atom. The van der Waals surface area contributed by atoms with Gasteiger partial charge in [0.25, 0.3) is 0 Å². The molecule has 0 unspecified atom stereocenters. The van der Waals surface area contributed by atoms with Crippen LogP contribution < -0.4 is 21.7 Å². The van der Waals surface area contributed by atoms with Crippen molar-refractivity contribution in [2.24, 2.45) is 11.7 Å². The lowest BCUT2D eigenvalue weighted by atomic mass is 10.0. The summed E-state index contributed by atoms with van der Waals surface area (Å²) in [5.41, 5.74) is 5.74. The van der Waals surface area contributed by atoms with E-state index in [9.17, 15) is 24.3 Å². The van der Waals surface area contributed by atoms with Crippen molar-refractivity contribution in [3.63, 3.8) is 0 Å². The highest BCUT2D eigenvalue weighted by molar-refractivity contribution is 5.93. The molecule has 1 aromatic rings. The Balaban J connectivity index is 2.95. The summed E-state index contributed by atoms with van der Waals surface area (Å²) in [6, 6.07) is 4.40. The molecule has 0 heterocycles. The fourth-order valence-corrected chi connectivity index (χ4v) is 2.60. The zero-order chi connectivity index (χ0) is 21.3. The molecule has 4 amide bonds. The maximum Gasteiger partial charge on any atom is 0.243 e. The Hall–Kier alpha value is -3.10. The van der Waals surface area contributed by atoms with Gasteiger partial charge in [0, 0.05) is 13.3 Å². The summed E-state index contributed by atoms with van der Waals surface area (Å²) in [5, 5.41) is 17.0. The van der Waals surface area contributed by atoms with Gasteiger partial charge in [-0.2, -0.15) is 0 Å². The van der Waals surface area contributed by atoms with Crippen LogP contribution in [-0.2, 0) is 25.6 Å². The van der Waals surface area contributed by atoms with E-state index < -0.39 is 29.8 Å². The zero-order valence-corrected chi connectivity index (χ0v) is 16.3. The number of hydrogen-bond donors (Lipinski definition) is 5. The number of phenols is 1. The second-order valence-corrected chi connectivity index (χ2v) is 7.00. The lowest BCUT2D eigenvalue weighted by Crippen LogP contribution is -2.55. The lowest BCUT2D eigenvalue weighted by Gasteiger charge is -2.24. The normalized spacial score (nSPS) is 12.7. The van der Waals surface area contributed by atoms with Crippen molar-refractivity contribution in [3.05, 3.63) is 29.8 Å². The summed E-state index contributed by atoms with van der Waals surface area (Å²) in [7, 11) is 0. The average Bonchev–Trinajstić information content (AvgIpc) is 2.59. The molecule has 0 aliphatic heterocycles. The number of benzene rings is 1. The van der Waals surface area contributed by atoms with Crippen LogP contribution in [0.15, 0.2) is 24.3 Å². The molecule has 0 fully saturated rings. The Labute approximate surface area is 164 Å². The van der Waals surface area contributed by atoms with Crippen molar-refractivity contribution in [2.45, 2.75) is 45.7 Å². The highest BCUT2D eigenvalue weighted by atomic mass is 16.3. The van der Waals surface area contributed by atoms with E-state index in [0.717, 1.165) is 0 Å². The Bertz CT molecular complexity index is 703. The maximum atomic E-state index is 12.7. The standard InChI is InChI=1S/C19H28N4O5/c1-11(2)8-15(22-12(3)24)19(28)23-16(18(27)21-10-17(20)26)9-13-4-6-14(25)7-5-13/h4-7,11,15-16,25H,8-10H2,1-3H3,(H2,20,26)(H,21,27)(H,22,24)(H,23,28)/t15-,16-/m0/s1. The number of nitrogens with two attached hydrogens (primary N) is 1. The van der Waals surface area contributed by atoms with Crippen LogP contribution in [0.3, 0.4) is 0 Å². The molecule has 0 aromatic heterocycles. The second kappa shape index (κ2) is 10.9. The largest absolute Gasteiger partial charge is 0.508 e. The average molecular weight is 392 g/mol. The summed E-state index contributed by atoms with van der Waals surface area (Å²) >= 11 is 0. The third-order valence-electron chi connectivity index (χ3n) is 3.85. The molecule has 1 aromatic carbocycles. The van der Waals surface area contributed by atoms with Gasteiger partial charge in [-0.15, -0.1) is 0 Å². The monoisotopic (exact) mass is 392 g/mol. The summed E-state index contributed by atoms with van der Waals surface area (Å²) in [5.74, 6) is -1.92. The fraction of sp³-hybridized carbons (Fsp3) is 0.474. The second-order valence-electron chi connectivity index (χ2n) is 7.00. The van der Waals surface area contributed by atoms with Crippen LogP contribution in [0, 0.1) is 5.92 Å². The van der Waals surface area contributed by atoms with Gasteiger partial charge < -0.3 is 26.8 Å². The van der Waals surface area contributed by atoms with E-state index in [1.807, 2.05) is 13.8 Å². The number of carbonyl (C=O) groups is 4. The van der Waals surface area contributed by atoms with Crippen molar-refractivity contribution >= 4 is 23.6 Å². The minimum Gasteiger partial charge on any atom is -0.508 e. The molecule has 9 nitrogen and oxygen atoms in total. The van der Waals surface area contributed by atoms with Crippen LogP contribution in [0.2, 0.25) is 0 Å².